The van der Waals surface area contributed by atoms with E-state index in [1.807, 2.05) is 25.3 Å². The van der Waals surface area contributed by atoms with Crippen LogP contribution in [0.15, 0.2) is 30.6 Å². The minimum atomic E-state index is -0.353. The van der Waals surface area contributed by atoms with E-state index < -0.39 is 0 Å². The third-order valence-electron chi connectivity index (χ3n) is 3.91. The number of hydrogen-bond donors (Lipinski definition) is 1. The molecule has 0 bridgehead atoms. The van der Waals surface area contributed by atoms with Crippen LogP contribution in [-0.2, 0) is 13.1 Å². The molecule has 2 amide bonds. The molecule has 0 atom stereocenters. The van der Waals surface area contributed by atoms with Crippen molar-refractivity contribution in [1.29, 1.82) is 0 Å². The number of amides is 2. The molecule has 136 valence electrons. The molecule has 2 aromatic rings. The summed E-state index contributed by atoms with van der Waals surface area (Å²) in [7, 11) is 0. The van der Waals surface area contributed by atoms with Crippen LogP contribution >= 0.6 is 11.6 Å². The summed E-state index contributed by atoms with van der Waals surface area (Å²) in [4.78, 5) is 18.4. The fourth-order valence-corrected chi connectivity index (χ4v) is 2.69. The van der Waals surface area contributed by atoms with E-state index in [1.165, 1.54) is 6.07 Å². The minimum absolute atomic E-state index is 0.0130. The third kappa shape index (κ3) is 4.95. The van der Waals surface area contributed by atoms with Gasteiger partial charge in [0, 0.05) is 35.6 Å². The van der Waals surface area contributed by atoms with E-state index in [-0.39, 0.29) is 24.4 Å². The Kier molecular flexibility index (Phi) is 6.82. The fraction of sp³-hybridized carbons (Fsp3) is 0.444. The average Bonchev–Trinajstić information content (AvgIpc) is 3.00. The summed E-state index contributed by atoms with van der Waals surface area (Å²) in [5, 5.41) is 3.26. The second-order valence-electron chi connectivity index (χ2n) is 6.13. The number of imidazole rings is 1. The highest BCUT2D eigenvalue weighted by atomic mass is 35.5. The lowest BCUT2D eigenvalue weighted by Gasteiger charge is -2.27. The first kappa shape index (κ1) is 19.2. The van der Waals surface area contributed by atoms with Crippen LogP contribution in [0.2, 0.25) is 5.02 Å². The van der Waals surface area contributed by atoms with Gasteiger partial charge in [-0.15, -0.1) is 0 Å². The largest absolute Gasteiger partial charge is 0.338 e. The van der Waals surface area contributed by atoms with Gasteiger partial charge >= 0.3 is 6.03 Å². The number of nitrogens with one attached hydrogen (secondary N) is 1. The summed E-state index contributed by atoms with van der Waals surface area (Å²) >= 11 is 6.11. The van der Waals surface area contributed by atoms with Crippen LogP contribution in [0.3, 0.4) is 0 Å². The predicted molar refractivity (Wildman–Crippen MR) is 97.1 cm³/mol. The minimum Gasteiger partial charge on any atom is -0.338 e. The van der Waals surface area contributed by atoms with Crippen molar-refractivity contribution in [3.8, 4) is 0 Å². The molecular formula is C18H24ClFN4O. The van der Waals surface area contributed by atoms with Crippen molar-refractivity contribution in [3.05, 3.63) is 52.8 Å². The molecule has 0 aliphatic rings. The van der Waals surface area contributed by atoms with Gasteiger partial charge in [0.2, 0.25) is 0 Å². The number of aromatic nitrogens is 2. The van der Waals surface area contributed by atoms with Crippen LogP contribution in [0.4, 0.5) is 9.18 Å². The second kappa shape index (κ2) is 8.85. The summed E-state index contributed by atoms with van der Waals surface area (Å²) in [5.41, 5.74) is 0.412. The molecule has 2 rings (SSSR count). The van der Waals surface area contributed by atoms with Crippen molar-refractivity contribution >= 4 is 17.6 Å². The predicted octanol–water partition coefficient (Wildman–Crippen LogP) is 4.05. The van der Waals surface area contributed by atoms with Gasteiger partial charge in [0.05, 0.1) is 13.1 Å². The maximum Gasteiger partial charge on any atom is 0.318 e. The first-order chi connectivity index (χ1) is 11.9. The van der Waals surface area contributed by atoms with E-state index in [0.717, 1.165) is 6.42 Å². The lowest BCUT2D eigenvalue weighted by molar-refractivity contribution is 0.177. The van der Waals surface area contributed by atoms with E-state index in [2.05, 4.69) is 10.3 Å². The molecule has 1 N–H and O–H groups in total. The Hall–Kier alpha value is -2.08. The van der Waals surface area contributed by atoms with Crippen molar-refractivity contribution in [1.82, 2.24) is 19.8 Å². The molecule has 7 heteroatoms. The monoisotopic (exact) mass is 366 g/mol. The highest BCUT2D eigenvalue weighted by Crippen LogP contribution is 2.21. The molecule has 1 aromatic carbocycles. The Labute approximate surface area is 152 Å². The number of carbonyl (C=O) groups excluding carboxylic acids is 1. The highest BCUT2D eigenvalue weighted by Gasteiger charge is 2.19. The SMILES string of the molecule is CCCNC(=O)N(Cc1nccn1Cc1c(F)cccc1Cl)C(C)C. The van der Waals surface area contributed by atoms with Gasteiger partial charge in [-0.3, -0.25) is 0 Å². The summed E-state index contributed by atoms with van der Waals surface area (Å²) in [6, 6.07) is 4.51. The molecule has 0 saturated heterocycles. The summed E-state index contributed by atoms with van der Waals surface area (Å²) in [6.45, 7) is 7.14. The molecule has 1 heterocycles. The van der Waals surface area contributed by atoms with E-state index in [0.29, 0.717) is 29.5 Å². The zero-order valence-electron chi connectivity index (χ0n) is 14.8. The van der Waals surface area contributed by atoms with Crippen molar-refractivity contribution in [2.45, 2.75) is 46.3 Å². The number of carbonyl (C=O) groups is 1. The molecule has 25 heavy (non-hydrogen) atoms. The third-order valence-corrected chi connectivity index (χ3v) is 4.27. The molecule has 5 nitrogen and oxygen atoms in total. The number of halogens is 2. The lowest BCUT2D eigenvalue weighted by atomic mass is 10.2. The maximum atomic E-state index is 14.0. The zero-order chi connectivity index (χ0) is 18.4. The molecule has 0 fully saturated rings. The molecule has 0 radical (unpaired) electrons. The smallest absolute Gasteiger partial charge is 0.318 e. The van der Waals surface area contributed by atoms with Crippen LogP contribution < -0.4 is 5.32 Å². The van der Waals surface area contributed by atoms with E-state index in [9.17, 15) is 9.18 Å². The Bertz CT molecular complexity index is 697. The molecule has 0 aliphatic carbocycles. The van der Waals surface area contributed by atoms with Crippen LogP contribution in [0.5, 0.6) is 0 Å². The van der Waals surface area contributed by atoms with Gasteiger partial charge in [0.25, 0.3) is 0 Å². The molecule has 0 unspecified atom stereocenters. The van der Waals surface area contributed by atoms with Crippen molar-refractivity contribution < 1.29 is 9.18 Å². The molecular weight excluding hydrogens is 343 g/mol. The van der Waals surface area contributed by atoms with Gasteiger partial charge in [0.1, 0.15) is 11.6 Å². The van der Waals surface area contributed by atoms with Gasteiger partial charge in [-0.25, -0.2) is 14.2 Å². The number of nitrogens with zero attached hydrogens (tertiary/aromatic N) is 3. The summed E-state index contributed by atoms with van der Waals surface area (Å²) in [5.74, 6) is 0.327. The van der Waals surface area contributed by atoms with Crippen LogP contribution in [0.25, 0.3) is 0 Å². The van der Waals surface area contributed by atoms with Gasteiger partial charge in [0.15, 0.2) is 0 Å². The molecule has 0 spiro atoms. The Morgan fingerprint density at radius 3 is 2.84 bits per heavy atom. The molecule has 0 saturated carbocycles. The van der Waals surface area contributed by atoms with Gasteiger partial charge in [-0.1, -0.05) is 24.6 Å². The number of rotatable bonds is 7. The Morgan fingerprint density at radius 1 is 1.44 bits per heavy atom. The van der Waals surface area contributed by atoms with Crippen molar-refractivity contribution in [2.75, 3.05) is 6.54 Å². The van der Waals surface area contributed by atoms with Gasteiger partial charge in [-0.2, -0.15) is 0 Å². The second-order valence-corrected chi connectivity index (χ2v) is 6.53. The van der Waals surface area contributed by atoms with E-state index >= 15 is 0 Å². The summed E-state index contributed by atoms with van der Waals surface area (Å²) in [6.07, 6.45) is 4.28. The van der Waals surface area contributed by atoms with E-state index in [1.54, 1.807) is 29.4 Å². The molecule has 0 aliphatic heterocycles. The van der Waals surface area contributed by atoms with Crippen LogP contribution in [0, 0.1) is 5.82 Å². The average molecular weight is 367 g/mol. The zero-order valence-corrected chi connectivity index (χ0v) is 15.6. The van der Waals surface area contributed by atoms with Crippen LogP contribution in [0.1, 0.15) is 38.6 Å². The first-order valence-corrected chi connectivity index (χ1v) is 8.79. The number of hydrogen-bond acceptors (Lipinski definition) is 2. The summed E-state index contributed by atoms with van der Waals surface area (Å²) < 4.78 is 15.9. The number of benzene rings is 1. The van der Waals surface area contributed by atoms with Crippen molar-refractivity contribution in [2.24, 2.45) is 0 Å². The quantitative estimate of drug-likeness (QED) is 0.803. The normalized spacial score (nSPS) is 11.0. The van der Waals surface area contributed by atoms with E-state index in [4.69, 9.17) is 11.6 Å². The standard InChI is InChI=1S/C18H24ClFN4O/c1-4-8-22-18(25)24(13(2)3)12-17-21-9-10-23(17)11-14-15(19)6-5-7-16(14)20/h5-7,9-10,13H,4,8,11-12H2,1-3H3,(H,22,25). The first-order valence-electron chi connectivity index (χ1n) is 8.41. The van der Waals surface area contributed by atoms with Crippen molar-refractivity contribution in [3.63, 3.8) is 0 Å². The maximum absolute atomic E-state index is 14.0. The highest BCUT2D eigenvalue weighted by molar-refractivity contribution is 6.31. The van der Waals surface area contributed by atoms with Gasteiger partial charge in [-0.05, 0) is 32.4 Å². The number of urea groups is 1. The Balaban J connectivity index is 2.18. The topological polar surface area (TPSA) is 50.2 Å². The van der Waals surface area contributed by atoms with Crippen LogP contribution in [-0.4, -0.2) is 33.1 Å². The molecule has 1 aromatic heterocycles. The van der Waals surface area contributed by atoms with Gasteiger partial charge < -0.3 is 14.8 Å². The fourth-order valence-electron chi connectivity index (χ4n) is 2.46. The lowest BCUT2D eigenvalue weighted by Crippen LogP contribution is -2.44. The Morgan fingerprint density at radius 2 is 2.20 bits per heavy atom.